The molecule has 5 rings (SSSR count). The first-order valence-corrected chi connectivity index (χ1v) is 18.5. The normalized spacial score (nSPS) is 13.7. The van der Waals surface area contributed by atoms with Crippen LogP contribution in [0.1, 0.15) is 47.1 Å². The first-order chi connectivity index (χ1) is 19.1. The summed E-state index contributed by atoms with van der Waals surface area (Å²) in [6.07, 6.45) is 5.18. The van der Waals surface area contributed by atoms with Gasteiger partial charge in [0.15, 0.2) is 0 Å². The van der Waals surface area contributed by atoms with E-state index in [2.05, 4.69) is 53.4 Å². The predicted octanol–water partition coefficient (Wildman–Crippen LogP) is 7.70. The molecule has 1 heterocycles. The quantitative estimate of drug-likeness (QED) is 0.162. The molecule has 0 amide bonds. The number of phenolic OH excluding ortho intramolecular Hbond substituents is 1. The van der Waals surface area contributed by atoms with E-state index in [4.69, 9.17) is 18.6 Å². The second-order valence-electron chi connectivity index (χ2n) is 9.81. The van der Waals surface area contributed by atoms with Crippen LogP contribution in [0.15, 0.2) is 91.0 Å². The van der Waals surface area contributed by atoms with Crippen LogP contribution in [-0.2, 0) is 36.4 Å². The van der Waals surface area contributed by atoms with Gasteiger partial charge in [-0.05, 0) is 83.7 Å². The second kappa shape index (κ2) is 15.9. The van der Waals surface area contributed by atoms with Crippen molar-refractivity contribution in [3.8, 4) is 5.75 Å². The number of benzene rings is 4. The zero-order valence-electron chi connectivity index (χ0n) is 21.8. The SMILES string of the molecule is Oc1c(Cc2ccccc2)cc(Cc2ccccc2)cc1Pc1ccc(F)cc1CN1CCCCC1.[Cl][Ti][Cl]. The van der Waals surface area contributed by atoms with Gasteiger partial charge in [-0.15, -0.1) is 0 Å². The molecule has 0 aromatic heterocycles. The third-order valence-corrected chi connectivity index (χ3v) is 8.32. The summed E-state index contributed by atoms with van der Waals surface area (Å²) in [5.41, 5.74) is 5.58. The van der Waals surface area contributed by atoms with E-state index in [1.807, 2.05) is 30.3 Å². The van der Waals surface area contributed by atoms with Crippen molar-refractivity contribution in [3.05, 3.63) is 125 Å². The monoisotopic (exact) mass is 615 g/mol. The van der Waals surface area contributed by atoms with E-state index >= 15 is 0 Å². The Balaban J connectivity index is 0.00000112. The molecule has 1 aliphatic heterocycles. The Bertz CT molecular complexity index is 1320. The van der Waals surface area contributed by atoms with Crippen LogP contribution in [-0.4, -0.2) is 23.1 Å². The summed E-state index contributed by atoms with van der Waals surface area (Å²) in [5.74, 6) is 0.171. The number of hydrogen-bond acceptors (Lipinski definition) is 2. The standard InChI is InChI=1S/C32H33FNOP.2ClH.Ti/c33-29-14-15-30(28(22-29)23-34-16-8-3-9-17-34)36-31-21-26(18-24-10-4-1-5-11-24)20-27(32(31)35)19-25-12-6-2-7-13-25;;;/h1-2,4-7,10-15,20-22,35-36H,3,8-9,16-19,23H2;2*1H;/q;;;+2/p-2. The zero-order chi connectivity index (χ0) is 27.5. The van der Waals surface area contributed by atoms with Crippen LogP contribution in [0.25, 0.3) is 0 Å². The van der Waals surface area contributed by atoms with Gasteiger partial charge in [-0.2, -0.15) is 0 Å². The summed E-state index contributed by atoms with van der Waals surface area (Å²) >= 11 is -0.556. The van der Waals surface area contributed by atoms with E-state index < -0.39 is 17.0 Å². The van der Waals surface area contributed by atoms with Gasteiger partial charge in [-0.3, -0.25) is 4.90 Å². The van der Waals surface area contributed by atoms with E-state index in [0.29, 0.717) is 12.2 Å². The topological polar surface area (TPSA) is 23.5 Å². The minimum absolute atomic E-state index is 0.192. The second-order valence-corrected chi connectivity index (χ2v) is 13.7. The van der Waals surface area contributed by atoms with Crippen LogP contribution >= 0.6 is 27.2 Å². The first kappa shape index (κ1) is 30.3. The summed E-state index contributed by atoms with van der Waals surface area (Å²) < 4.78 is 14.3. The minimum atomic E-state index is -0.556. The Kier molecular flexibility index (Phi) is 12.3. The summed E-state index contributed by atoms with van der Waals surface area (Å²) in [4.78, 5) is 2.43. The van der Waals surface area contributed by atoms with Crippen LogP contribution in [0.2, 0.25) is 0 Å². The number of aromatic hydroxyl groups is 1. The number of phenols is 1. The van der Waals surface area contributed by atoms with Crippen molar-refractivity contribution in [1.29, 1.82) is 0 Å². The van der Waals surface area contributed by atoms with E-state index in [9.17, 15) is 9.50 Å². The van der Waals surface area contributed by atoms with Crippen molar-refractivity contribution in [2.75, 3.05) is 13.1 Å². The molecule has 0 radical (unpaired) electrons. The molecule has 39 heavy (non-hydrogen) atoms. The van der Waals surface area contributed by atoms with Gasteiger partial charge in [0, 0.05) is 18.3 Å². The molecule has 0 saturated carbocycles. The predicted molar refractivity (Wildman–Crippen MR) is 161 cm³/mol. The van der Waals surface area contributed by atoms with Gasteiger partial charge < -0.3 is 5.11 Å². The molecule has 1 atom stereocenters. The molecule has 7 heteroatoms. The number of likely N-dealkylation sites (tertiary alicyclic amines) is 1. The van der Waals surface area contributed by atoms with Crippen molar-refractivity contribution < 1.29 is 26.5 Å². The van der Waals surface area contributed by atoms with Gasteiger partial charge in [0.1, 0.15) is 11.6 Å². The van der Waals surface area contributed by atoms with Crippen molar-refractivity contribution in [2.45, 2.75) is 38.6 Å². The number of nitrogens with zero attached hydrogens (tertiary/aromatic N) is 1. The number of rotatable bonds is 8. The fraction of sp³-hybridized carbons (Fsp3) is 0.250. The van der Waals surface area contributed by atoms with E-state index in [-0.39, 0.29) is 14.4 Å². The third kappa shape index (κ3) is 9.43. The molecule has 4 aromatic carbocycles. The van der Waals surface area contributed by atoms with Crippen LogP contribution < -0.4 is 10.6 Å². The van der Waals surface area contributed by atoms with Crippen molar-refractivity contribution in [2.24, 2.45) is 0 Å². The van der Waals surface area contributed by atoms with Gasteiger partial charge in [0.05, 0.1) is 0 Å². The van der Waals surface area contributed by atoms with E-state index in [0.717, 1.165) is 47.8 Å². The maximum atomic E-state index is 14.3. The van der Waals surface area contributed by atoms with Gasteiger partial charge in [-0.1, -0.05) is 87.8 Å². The van der Waals surface area contributed by atoms with Crippen LogP contribution in [0.4, 0.5) is 4.39 Å². The Labute approximate surface area is 250 Å². The first-order valence-electron chi connectivity index (χ1n) is 13.2. The van der Waals surface area contributed by atoms with Crippen molar-refractivity contribution >= 4 is 37.8 Å². The van der Waals surface area contributed by atoms with Crippen molar-refractivity contribution in [1.82, 2.24) is 4.90 Å². The molecule has 4 aromatic rings. The fourth-order valence-corrected chi connectivity index (χ4v) is 6.36. The number of halogens is 3. The summed E-state index contributed by atoms with van der Waals surface area (Å²) in [5, 5.41) is 13.4. The van der Waals surface area contributed by atoms with E-state index in [1.165, 1.54) is 36.0 Å². The summed E-state index contributed by atoms with van der Waals surface area (Å²) in [6, 6.07) is 30.2. The Morgan fingerprint density at radius 3 is 1.97 bits per heavy atom. The average molecular weight is 616 g/mol. The average Bonchev–Trinajstić information content (AvgIpc) is 2.95. The Hall–Kier alpha value is -1.71. The van der Waals surface area contributed by atoms with Gasteiger partial charge >= 0.3 is 35.6 Å². The van der Waals surface area contributed by atoms with Gasteiger partial charge in [0.2, 0.25) is 0 Å². The maximum absolute atomic E-state index is 14.3. The van der Waals surface area contributed by atoms with E-state index in [1.54, 1.807) is 12.1 Å². The molecule has 1 N–H and O–H groups in total. The molecule has 1 aliphatic rings. The number of hydrogen-bond donors (Lipinski definition) is 1. The molecule has 1 fully saturated rings. The Morgan fingerprint density at radius 1 is 0.718 bits per heavy atom. The molecular weight excluding hydrogens is 583 g/mol. The van der Waals surface area contributed by atoms with Gasteiger partial charge in [0.25, 0.3) is 0 Å². The van der Waals surface area contributed by atoms with Crippen molar-refractivity contribution in [3.63, 3.8) is 0 Å². The molecule has 202 valence electrons. The summed E-state index contributed by atoms with van der Waals surface area (Å²) in [6.45, 7) is 2.90. The van der Waals surface area contributed by atoms with Crippen LogP contribution in [0, 0.1) is 5.82 Å². The van der Waals surface area contributed by atoms with Crippen LogP contribution in [0.5, 0.6) is 5.75 Å². The molecule has 1 unspecified atom stereocenters. The fourth-order valence-electron chi connectivity index (χ4n) is 5.06. The molecule has 0 bridgehead atoms. The zero-order valence-corrected chi connectivity index (χ0v) is 25.9. The Morgan fingerprint density at radius 2 is 1.33 bits per heavy atom. The molecular formula is C32H33Cl2FNOPTi. The third-order valence-electron chi connectivity index (χ3n) is 6.92. The summed E-state index contributed by atoms with van der Waals surface area (Å²) in [7, 11) is 10.0. The number of piperidine rings is 1. The van der Waals surface area contributed by atoms with Gasteiger partial charge in [-0.25, -0.2) is 4.39 Å². The molecule has 2 nitrogen and oxygen atoms in total. The molecule has 0 aliphatic carbocycles. The molecule has 1 saturated heterocycles. The van der Waals surface area contributed by atoms with Crippen LogP contribution in [0.3, 0.4) is 0 Å². The molecule has 0 spiro atoms.